The molecule has 4 fully saturated rings. The molecule has 4 bridgehead atoms. The molecule has 0 amide bonds. The van der Waals surface area contributed by atoms with E-state index in [1.807, 2.05) is 31.2 Å². The molecule has 25 heavy (non-hydrogen) atoms. The Morgan fingerprint density at radius 2 is 1.84 bits per heavy atom. The maximum Gasteiger partial charge on any atom is 0.187 e. The highest BCUT2D eigenvalue weighted by Crippen LogP contribution is 2.55. The minimum absolute atomic E-state index is 0.220. The first-order valence-electron chi connectivity index (χ1n) is 9.49. The molecular weight excluding hydrogens is 330 g/mol. The molecule has 0 saturated heterocycles. The average molecular weight is 358 g/mol. The summed E-state index contributed by atoms with van der Waals surface area (Å²) in [5, 5.41) is 8.60. The molecule has 5 rings (SSSR count). The summed E-state index contributed by atoms with van der Waals surface area (Å²) in [6, 6.07) is 7.90. The van der Waals surface area contributed by atoms with Crippen molar-refractivity contribution in [2.75, 3.05) is 6.61 Å². The van der Waals surface area contributed by atoms with Crippen molar-refractivity contribution >= 4 is 23.5 Å². The molecule has 0 atom stereocenters. The number of para-hydroxylation sites is 1. The second-order valence-corrected chi connectivity index (χ2v) is 8.40. The molecule has 0 aromatic heterocycles. The fraction of sp³-hybridized carbons (Fsp3) is 0.600. The monoisotopic (exact) mass is 357 g/mol. The van der Waals surface area contributed by atoms with Gasteiger partial charge in [-0.3, -0.25) is 5.43 Å². The molecular formula is C20H27N3OS. The fourth-order valence-electron chi connectivity index (χ4n) is 5.57. The van der Waals surface area contributed by atoms with Crippen LogP contribution in [-0.4, -0.2) is 23.5 Å². The number of benzene rings is 1. The second kappa shape index (κ2) is 6.94. The van der Waals surface area contributed by atoms with Gasteiger partial charge in [0.05, 0.1) is 12.8 Å². The van der Waals surface area contributed by atoms with Crippen molar-refractivity contribution in [2.45, 2.75) is 51.0 Å². The van der Waals surface area contributed by atoms with Crippen LogP contribution >= 0.6 is 12.2 Å². The Hall–Kier alpha value is -1.62. The normalized spacial score (nSPS) is 32.8. The first-order valence-corrected chi connectivity index (χ1v) is 9.90. The quantitative estimate of drug-likeness (QED) is 0.477. The zero-order valence-corrected chi connectivity index (χ0v) is 15.6. The van der Waals surface area contributed by atoms with Gasteiger partial charge in [0, 0.05) is 11.1 Å². The number of hydrazone groups is 1. The largest absolute Gasteiger partial charge is 0.493 e. The lowest BCUT2D eigenvalue weighted by atomic mass is 9.53. The number of thiocarbonyl (C=S) groups is 1. The smallest absolute Gasteiger partial charge is 0.187 e. The van der Waals surface area contributed by atoms with Gasteiger partial charge >= 0.3 is 0 Å². The van der Waals surface area contributed by atoms with Crippen LogP contribution in [0.5, 0.6) is 5.75 Å². The topological polar surface area (TPSA) is 45.6 Å². The highest BCUT2D eigenvalue weighted by atomic mass is 32.1. The molecule has 1 aromatic carbocycles. The van der Waals surface area contributed by atoms with Crippen molar-refractivity contribution in [3.63, 3.8) is 0 Å². The van der Waals surface area contributed by atoms with Crippen molar-refractivity contribution in [3.8, 4) is 5.75 Å². The van der Waals surface area contributed by atoms with Gasteiger partial charge < -0.3 is 10.1 Å². The molecule has 4 aliphatic rings. The summed E-state index contributed by atoms with van der Waals surface area (Å²) < 4.78 is 5.62. The maximum absolute atomic E-state index is 5.62. The minimum atomic E-state index is 0.220. The summed E-state index contributed by atoms with van der Waals surface area (Å²) >= 11 is 5.52. The third-order valence-corrected chi connectivity index (χ3v) is 6.20. The molecule has 0 aliphatic heterocycles. The summed E-state index contributed by atoms with van der Waals surface area (Å²) in [7, 11) is 0. The van der Waals surface area contributed by atoms with Crippen molar-refractivity contribution in [3.05, 3.63) is 29.8 Å². The predicted octanol–water partition coefficient (Wildman–Crippen LogP) is 3.85. The van der Waals surface area contributed by atoms with Crippen LogP contribution in [0.25, 0.3) is 0 Å². The van der Waals surface area contributed by atoms with Gasteiger partial charge in [-0.05, 0) is 87.6 Å². The Bertz CT molecular complexity index is 637. The highest BCUT2D eigenvalue weighted by Gasteiger charge is 2.51. The van der Waals surface area contributed by atoms with Crippen LogP contribution in [0.15, 0.2) is 29.4 Å². The van der Waals surface area contributed by atoms with Crippen LogP contribution in [0.3, 0.4) is 0 Å². The first kappa shape index (κ1) is 16.8. The van der Waals surface area contributed by atoms with E-state index in [9.17, 15) is 0 Å². The predicted molar refractivity (Wildman–Crippen MR) is 105 cm³/mol. The van der Waals surface area contributed by atoms with Crippen LogP contribution in [0.1, 0.15) is 51.0 Å². The van der Waals surface area contributed by atoms with Gasteiger partial charge in [-0.15, -0.1) is 0 Å². The van der Waals surface area contributed by atoms with E-state index in [0.717, 1.165) is 29.1 Å². The van der Waals surface area contributed by atoms with Gasteiger partial charge in [0.1, 0.15) is 5.75 Å². The number of nitrogens with zero attached hydrogens (tertiary/aromatic N) is 1. The van der Waals surface area contributed by atoms with E-state index < -0.39 is 0 Å². The number of ether oxygens (including phenoxy) is 1. The Balaban J connectivity index is 1.35. The van der Waals surface area contributed by atoms with Crippen molar-refractivity contribution in [1.82, 2.24) is 10.7 Å². The highest BCUT2D eigenvalue weighted by molar-refractivity contribution is 7.80. The summed E-state index contributed by atoms with van der Waals surface area (Å²) in [6.45, 7) is 2.63. The molecule has 2 N–H and O–H groups in total. The second-order valence-electron chi connectivity index (χ2n) is 7.99. The lowest BCUT2D eigenvalue weighted by Crippen LogP contribution is -2.61. The molecule has 0 unspecified atom stereocenters. The molecule has 4 saturated carbocycles. The van der Waals surface area contributed by atoms with Gasteiger partial charge in [0.2, 0.25) is 0 Å². The van der Waals surface area contributed by atoms with Crippen LogP contribution in [0.2, 0.25) is 0 Å². The van der Waals surface area contributed by atoms with E-state index in [-0.39, 0.29) is 5.54 Å². The Morgan fingerprint density at radius 1 is 1.20 bits per heavy atom. The Kier molecular flexibility index (Phi) is 4.67. The van der Waals surface area contributed by atoms with Crippen LogP contribution in [-0.2, 0) is 0 Å². The van der Waals surface area contributed by atoms with Crippen molar-refractivity contribution < 1.29 is 4.74 Å². The van der Waals surface area contributed by atoms with Crippen LogP contribution in [0.4, 0.5) is 0 Å². The SMILES string of the molecule is CCOc1ccccc1/C=N\NC(=S)NC12CC3CC(CC(C3)C1)C2. The summed E-state index contributed by atoms with van der Waals surface area (Å²) in [5.74, 6) is 3.56. The van der Waals surface area contributed by atoms with Crippen LogP contribution < -0.4 is 15.5 Å². The molecule has 4 nitrogen and oxygen atoms in total. The van der Waals surface area contributed by atoms with Gasteiger partial charge in [0.25, 0.3) is 0 Å². The molecule has 0 radical (unpaired) electrons. The number of rotatable bonds is 5. The molecule has 0 heterocycles. The standard InChI is InChI=1S/C20H27N3OS/c1-2-24-18-6-4-3-5-17(18)13-21-23-19(25)22-20-10-14-7-15(11-20)9-16(8-14)12-20/h3-6,13-16H,2,7-12H2,1H3,(H2,22,23,25)/b21-13-. The maximum atomic E-state index is 5.62. The number of hydrogen-bond donors (Lipinski definition) is 2. The Morgan fingerprint density at radius 3 is 2.48 bits per heavy atom. The van der Waals surface area contributed by atoms with E-state index in [1.54, 1.807) is 6.21 Å². The summed E-state index contributed by atoms with van der Waals surface area (Å²) in [5.41, 5.74) is 4.18. The Labute approximate surface area is 155 Å². The molecule has 4 aliphatic carbocycles. The van der Waals surface area contributed by atoms with Gasteiger partial charge in [-0.2, -0.15) is 5.10 Å². The average Bonchev–Trinajstić information content (AvgIpc) is 2.55. The lowest BCUT2D eigenvalue weighted by molar-refractivity contribution is -0.0101. The van der Waals surface area contributed by atoms with Gasteiger partial charge in [-0.1, -0.05) is 12.1 Å². The zero-order chi connectivity index (χ0) is 17.3. The summed E-state index contributed by atoms with van der Waals surface area (Å²) in [6.07, 6.45) is 9.92. The number of nitrogens with one attached hydrogen (secondary N) is 2. The third kappa shape index (κ3) is 3.66. The van der Waals surface area contributed by atoms with Crippen molar-refractivity contribution in [1.29, 1.82) is 0 Å². The first-order chi connectivity index (χ1) is 12.2. The number of hydrogen-bond acceptors (Lipinski definition) is 3. The van der Waals surface area contributed by atoms with Gasteiger partial charge in [0.15, 0.2) is 5.11 Å². The lowest BCUT2D eigenvalue weighted by Gasteiger charge is -2.57. The third-order valence-electron chi connectivity index (χ3n) is 6.01. The van der Waals surface area contributed by atoms with Gasteiger partial charge in [-0.25, -0.2) is 0 Å². The minimum Gasteiger partial charge on any atom is -0.493 e. The van der Waals surface area contributed by atoms with Crippen LogP contribution in [0, 0.1) is 17.8 Å². The van der Waals surface area contributed by atoms with E-state index in [1.165, 1.54) is 38.5 Å². The fourth-order valence-corrected chi connectivity index (χ4v) is 5.84. The molecule has 0 spiro atoms. The summed E-state index contributed by atoms with van der Waals surface area (Å²) in [4.78, 5) is 0. The van der Waals surface area contributed by atoms with E-state index in [2.05, 4.69) is 15.8 Å². The molecule has 134 valence electrons. The van der Waals surface area contributed by atoms with E-state index in [4.69, 9.17) is 17.0 Å². The molecule has 1 aromatic rings. The van der Waals surface area contributed by atoms with Crippen molar-refractivity contribution in [2.24, 2.45) is 22.9 Å². The van der Waals surface area contributed by atoms with E-state index >= 15 is 0 Å². The zero-order valence-electron chi connectivity index (χ0n) is 14.8. The molecule has 5 heteroatoms. The van der Waals surface area contributed by atoms with E-state index in [0.29, 0.717) is 11.7 Å².